The van der Waals surface area contributed by atoms with E-state index < -0.39 is 0 Å². The fraction of sp³-hybridized carbons (Fsp3) is 0.778. The van der Waals surface area contributed by atoms with Crippen LogP contribution in [0.5, 0.6) is 0 Å². The molecule has 1 aliphatic carbocycles. The second kappa shape index (κ2) is 7.74. The minimum atomic E-state index is 0.0426. The first-order valence-electron chi connectivity index (χ1n) is 9.63. The van der Waals surface area contributed by atoms with Crippen molar-refractivity contribution >= 4 is 6.03 Å². The highest BCUT2D eigenvalue weighted by molar-refractivity contribution is 5.74. The van der Waals surface area contributed by atoms with E-state index in [1.54, 1.807) is 0 Å². The summed E-state index contributed by atoms with van der Waals surface area (Å²) in [7, 11) is 0. The molecule has 1 saturated heterocycles. The molecule has 0 aromatic carbocycles. The smallest absolute Gasteiger partial charge is 0.318 e. The van der Waals surface area contributed by atoms with E-state index >= 15 is 0 Å². The fourth-order valence-electron chi connectivity index (χ4n) is 3.74. The lowest BCUT2D eigenvalue weighted by Gasteiger charge is -2.24. The zero-order chi connectivity index (χ0) is 17.1. The lowest BCUT2D eigenvalue weighted by Crippen LogP contribution is -2.43. The highest BCUT2D eigenvalue weighted by Gasteiger charge is 2.30. The number of fused-ring (bicyclic) bond motifs is 1. The van der Waals surface area contributed by atoms with Crippen molar-refractivity contribution < 1.29 is 9.53 Å². The first-order chi connectivity index (χ1) is 12.3. The van der Waals surface area contributed by atoms with E-state index in [1.165, 1.54) is 25.9 Å². The molecule has 0 spiro atoms. The second-order valence-electron chi connectivity index (χ2n) is 7.59. The molecule has 138 valence electrons. The number of aromatic nitrogens is 2. The minimum absolute atomic E-state index is 0.0426. The van der Waals surface area contributed by atoms with Crippen LogP contribution in [0, 0.1) is 5.92 Å². The molecule has 25 heavy (non-hydrogen) atoms. The maximum absolute atomic E-state index is 12.5. The number of hydrogen-bond donors (Lipinski definition) is 1. The van der Waals surface area contributed by atoms with Gasteiger partial charge in [0.25, 0.3) is 0 Å². The van der Waals surface area contributed by atoms with E-state index in [9.17, 15) is 4.79 Å². The molecular formula is C18H29N5O2. The molecule has 1 atom stereocenters. The average molecular weight is 347 g/mol. The van der Waals surface area contributed by atoms with Crippen LogP contribution in [0.3, 0.4) is 0 Å². The Kier molecular flexibility index (Phi) is 5.22. The van der Waals surface area contributed by atoms with Crippen molar-refractivity contribution in [3.8, 4) is 0 Å². The van der Waals surface area contributed by atoms with Gasteiger partial charge in [-0.05, 0) is 38.8 Å². The third-order valence-electron chi connectivity index (χ3n) is 5.36. The lowest BCUT2D eigenvalue weighted by molar-refractivity contribution is 0.0695. The van der Waals surface area contributed by atoms with E-state index in [1.807, 2.05) is 17.3 Å². The molecule has 1 saturated carbocycles. The van der Waals surface area contributed by atoms with Gasteiger partial charge in [0.1, 0.15) is 5.82 Å². The lowest BCUT2D eigenvalue weighted by atomic mass is 10.1. The number of ether oxygens (including phenoxy) is 1. The third kappa shape index (κ3) is 4.52. The Labute approximate surface area is 149 Å². The van der Waals surface area contributed by atoms with Crippen LogP contribution in [0.1, 0.15) is 31.5 Å². The summed E-state index contributed by atoms with van der Waals surface area (Å²) in [5.41, 5.74) is 0. The molecule has 2 fully saturated rings. The average Bonchev–Trinajstić information content (AvgIpc) is 3.13. The van der Waals surface area contributed by atoms with E-state index in [0.717, 1.165) is 44.9 Å². The molecule has 1 aromatic rings. The van der Waals surface area contributed by atoms with Crippen LogP contribution in [-0.2, 0) is 17.8 Å². The molecule has 0 radical (unpaired) electrons. The van der Waals surface area contributed by atoms with Crippen LogP contribution in [0.25, 0.3) is 0 Å². The summed E-state index contributed by atoms with van der Waals surface area (Å²) in [5, 5.41) is 3.10. The highest BCUT2D eigenvalue weighted by Crippen LogP contribution is 2.21. The van der Waals surface area contributed by atoms with Gasteiger partial charge in [-0.2, -0.15) is 0 Å². The number of rotatable bonds is 6. The molecular weight excluding hydrogens is 318 g/mol. The Bertz CT molecular complexity index is 580. The van der Waals surface area contributed by atoms with Crippen molar-refractivity contribution in [2.45, 2.75) is 44.8 Å². The van der Waals surface area contributed by atoms with Crippen LogP contribution < -0.4 is 5.32 Å². The highest BCUT2D eigenvalue weighted by atomic mass is 16.5. The van der Waals surface area contributed by atoms with Crippen LogP contribution in [0.2, 0.25) is 0 Å². The van der Waals surface area contributed by atoms with Crippen molar-refractivity contribution in [3.63, 3.8) is 0 Å². The van der Waals surface area contributed by atoms with Gasteiger partial charge < -0.3 is 24.4 Å². The third-order valence-corrected chi connectivity index (χ3v) is 5.36. The molecule has 0 bridgehead atoms. The molecule has 2 aliphatic heterocycles. The van der Waals surface area contributed by atoms with Gasteiger partial charge in [0.05, 0.1) is 19.8 Å². The number of carbonyl (C=O) groups is 1. The fourth-order valence-corrected chi connectivity index (χ4v) is 3.74. The summed E-state index contributed by atoms with van der Waals surface area (Å²) in [6.07, 6.45) is 8.68. The zero-order valence-corrected chi connectivity index (χ0v) is 14.9. The van der Waals surface area contributed by atoms with Crippen molar-refractivity contribution in [3.05, 3.63) is 18.2 Å². The first-order valence-corrected chi connectivity index (χ1v) is 9.63. The van der Waals surface area contributed by atoms with Gasteiger partial charge in [-0.3, -0.25) is 0 Å². The molecule has 3 aliphatic rings. The molecule has 1 aromatic heterocycles. The Hall–Kier alpha value is -1.60. The number of carbonyl (C=O) groups excluding carboxylic acids is 1. The van der Waals surface area contributed by atoms with E-state index in [-0.39, 0.29) is 6.03 Å². The van der Waals surface area contributed by atoms with Gasteiger partial charge in [0.15, 0.2) is 0 Å². The normalized spacial score (nSPS) is 24.2. The summed E-state index contributed by atoms with van der Waals surface area (Å²) < 4.78 is 8.14. The van der Waals surface area contributed by atoms with Crippen molar-refractivity contribution in [2.24, 2.45) is 5.92 Å². The number of nitrogens with zero attached hydrogens (tertiary/aromatic N) is 4. The van der Waals surface area contributed by atoms with Crippen molar-refractivity contribution in [1.82, 2.24) is 24.7 Å². The Morgan fingerprint density at radius 2 is 2.12 bits per heavy atom. The van der Waals surface area contributed by atoms with Gasteiger partial charge in [-0.15, -0.1) is 0 Å². The summed E-state index contributed by atoms with van der Waals surface area (Å²) >= 11 is 0. The SMILES string of the molecule is O=C(NC1CC1)N1Cc2nccn2CC(COCCN2CCCC2)C1. The Morgan fingerprint density at radius 1 is 1.28 bits per heavy atom. The summed E-state index contributed by atoms with van der Waals surface area (Å²) in [6.45, 7) is 7.09. The van der Waals surface area contributed by atoms with Gasteiger partial charge >= 0.3 is 6.03 Å². The Morgan fingerprint density at radius 3 is 2.92 bits per heavy atom. The quantitative estimate of drug-likeness (QED) is 0.788. The number of amides is 2. The first kappa shape index (κ1) is 16.8. The van der Waals surface area contributed by atoms with Gasteiger partial charge in [-0.25, -0.2) is 9.78 Å². The summed E-state index contributed by atoms with van der Waals surface area (Å²) in [5.74, 6) is 1.27. The standard InChI is InChI=1S/C18H29N5O2/c24-18(20-16-3-4-16)23-12-15(11-22-8-5-19-17(22)13-23)14-25-10-9-21-6-1-2-7-21/h5,8,15-16H,1-4,6-7,9-14H2,(H,20,24). The monoisotopic (exact) mass is 347 g/mol. The molecule has 4 rings (SSSR count). The molecule has 3 heterocycles. The Balaban J connectivity index is 1.30. The number of imidazole rings is 1. The number of nitrogens with one attached hydrogen (secondary N) is 1. The maximum Gasteiger partial charge on any atom is 0.318 e. The van der Waals surface area contributed by atoms with E-state index in [4.69, 9.17) is 4.74 Å². The number of urea groups is 1. The predicted molar refractivity (Wildman–Crippen MR) is 94.2 cm³/mol. The molecule has 1 unspecified atom stereocenters. The van der Waals surface area contributed by atoms with E-state index in [0.29, 0.717) is 25.1 Å². The van der Waals surface area contributed by atoms with Crippen molar-refractivity contribution in [2.75, 3.05) is 39.4 Å². The maximum atomic E-state index is 12.5. The summed E-state index contributed by atoms with van der Waals surface area (Å²) in [6, 6.07) is 0.423. The molecule has 7 heteroatoms. The van der Waals surface area contributed by atoms with Crippen molar-refractivity contribution in [1.29, 1.82) is 0 Å². The molecule has 1 N–H and O–H groups in total. The topological polar surface area (TPSA) is 62.6 Å². The largest absolute Gasteiger partial charge is 0.380 e. The predicted octanol–water partition coefficient (Wildman–Crippen LogP) is 1.30. The summed E-state index contributed by atoms with van der Waals surface area (Å²) in [4.78, 5) is 21.3. The minimum Gasteiger partial charge on any atom is -0.380 e. The van der Waals surface area contributed by atoms with E-state index in [2.05, 4.69) is 19.8 Å². The molecule has 2 amide bonds. The second-order valence-corrected chi connectivity index (χ2v) is 7.59. The number of likely N-dealkylation sites (tertiary alicyclic amines) is 1. The molecule has 7 nitrogen and oxygen atoms in total. The zero-order valence-electron chi connectivity index (χ0n) is 14.9. The van der Waals surface area contributed by atoms with Crippen LogP contribution >= 0.6 is 0 Å². The van der Waals surface area contributed by atoms with Crippen LogP contribution in [0.4, 0.5) is 4.79 Å². The van der Waals surface area contributed by atoms with Gasteiger partial charge in [0, 0.05) is 44.0 Å². The van der Waals surface area contributed by atoms with Crippen LogP contribution in [-0.4, -0.2) is 70.8 Å². The van der Waals surface area contributed by atoms with Gasteiger partial charge in [0.2, 0.25) is 0 Å². The van der Waals surface area contributed by atoms with Gasteiger partial charge in [-0.1, -0.05) is 0 Å². The number of hydrogen-bond acceptors (Lipinski definition) is 4. The van der Waals surface area contributed by atoms with Crippen LogP contribution in [0.15, 0.2) is 12.4 Å².